The van der Waals surface area contributed by atoms with Crippen LogP contribution in [0.25, 0.3) is 16.9 Å². The zero-order valence-electron chi connectivity index (χ0n) is 14.1. The van der Waals surface area contributed by atoms with Crippen LogP contribution in [0.3, 0.4) is 0 Å². The molecule has 2 heterocycles. The highest BCUT2D eigenvalue weighted by molar-refractivity contribution is 6.35. The molecule has 6 heteroatoms. The summed E-state index contributed by atoms with van der Waals surface area (Å²) in [7, 11) is 0. The Hall–Kier alpha value is -2.33. The van der Waals surface area contributed by atoms with Gasteiger partial charge < -0.3 is 4.40 Å². The molecule has 0 fully saturated rings. The molecule has 134 valence electrons. The fraction of sp³-hybridized carbons (Fsp3) is 0.0476. The number of imidazole rings is 1. The van der Waals surface area contributed by atoms with Crippen LogP contribution in [0.4, 0.5) is 5.69 Å². The van der Waals surface area contributed by atoms with Gasteiger partial charge in [0.25, 0.3) is 0 Å². The SMILES string of the molecule is Clc1ccc(N=CCc2c(-c3cc(Cl)ccc3Cl)nc3ccccn23)cc1. The summed E-state index contributed by atoms with van der Waals surface area (Å²) in [4.78, 5) is 9.28. The molecule has 0 spiro atoms. The average Bonchev–Trinajstić information content (AvgIpc) is 3.04. The first-order chi connectivity index (χ1) is 13.1. The van der Waals surface area contributed by atoms with Gasteiger partial charge in [0.05, 0.1) is 22.1 Å². The third-order valence-electron chi connectivity index (χ3n) is 4.16. The van der Waals surface area contributed by atoms with Crippen LogP contribution in [0.5, 0.6) is 0 Å². The van der Waals surface area contributed by atoms with Gasteiger partial charge in [-0.1, -0.05) is 40.9 Å². The van der Waals surface area contributed by atoms with Gasteiger partial charge in [-0.15, -0.1) is 0 Å². The van der Waals surface area contributed by atoms with E-state index in [1.54, 1.807) is 12.1 Å². The topological polar surface area (TPSA) is 29.7 Å². The summed E-state index contributed by atoms with van der Waals surface area (Å²) in [5.41, 5.74) is 4.29. The van der Waals surface area contributed by atoms with Crippen molar-refractivity contribution >= 4 is 52.4 Å². The number of aromatic nitrogens is 2. The van der Waals surface area contributed by atoms with Crippen LogP contribution in [0, 0.1) is 0 Å². The van der Waals surface area contributed by atoms with Gasteiger partial charge in [0.1, 0.15) is 5.65 Å². The quantitative estimate of drug-likeness (QED) is 0.334. The Morgan fingerprint density at radius 3 is 2.52 bits per heavy atom. The van der Waals surface area contributed by atoms with Gasteiger partial charge in [-0.05, 0) is 54.6 Å². The van der Waals surface area contributed by atoms with Crippen LogP contribution < -0.4 is 0 Å². The molecule has 4 rings (SSSR count). The Bertz CT molecular complexity index is 1130. The first-order valence-electron chi connectivity index (χ1n) is 8.31. The van der Waals surface area contributed by atoms with E-state index in [-0.39, 0.29) is 0 Å². The van der Waals surface area contributed by atoms with Crippen molar-refractivity contribution in [2.24, 2.45) is 4.99 Å². The Morgan fingerprint density at radius 1 is 0.926 bits per heavy atom. The molecule has 4 aromatic rings. The number of pyridine rings is 1. The second kappa shape index (κ2) is 7.73. The molecule has 2 aromatic carbocycles. The number of hydrogen-bond acceptors (Lipinski definition) is 2. The molecule has 0 atom stereocenters. The molecule has 0 aliphatic heterocycles. The van der Waals surface area contributed by atoms with E-state index in [0.29, 0.717) is 21.5 Å². The maximum atomic E-state index is 6.42. The molecule has 0 radical (unpaired) electrons. The first-order valence-corrected chi connectivity index (χ1v) is 9.45. The molecule has 0 bridgehead atoms. The predicted octanol–water partition coefficient (Wildman–Crippen LogP) is 6.91. The molecular formula is C21H14Cl3N3. The van der Waals surface area contributed by atoms with Crippen molar-refractivity contribution in [1.29, 1.82) is 0 Å². The Balaban J connectivity index is 1.76. The highest BCUT2D eigenvalue weighted by atomic mass is 35.5. The molecule has 0 unspecified atom stereocenters. The first kappa shape index (κ1) is 18.1. The molecule has 0 amide bonds. The normalized spacial score (nSPS) is 11.5. The van der Waals surface area contributed by atoms with Crippen molar-refractivity contribution < 1.29 is 0 Å². The van der Waals surface area contributed by atoms with E-state index in [9.17, 15) is 0 Å². The second-order valence-electron chi connectivity index (χ2n) is 5.95. The second-order valence-corrected chi connectivity index (χ2v) is 7.23. The van der Waals surface area contributed by atoms with Crippen molar-refractivity contribution in [3.8, 4) is 11.3 Å². The molecule has 0 N–H and O–H groups in total. The summed E-state index contributed by atoms with van der Waals surface area (Å²) < 4.78 is 2.04. The summed E-state index contributed by atoms with van der Waals surface area (Å²) >= 11 is 18.5. The smallest absolute Gasteiger partial charge is 0.137 e. The third-order valence-corrected chi connectivity index (χ3v) is 4.98. The molecule has 0 aliphatic carbocycles. The lowest BCUT2D eigenvalue weighted by atomic mass is 10.1. The van der Waals surface area contributed by atoms with Crippen LogP contribution >= 0.6 is 34.8 Å². The fourth-order valence-electron chi connectivity index (χ4n) is 2.90. The highest BCUT2D eigenvalue weighted by Crippen LogP contribution is 2.33. The van der Waals surface area contributed by atoms with Crippen LogP contribution in [0.2, 0.25) is 15.1 Å². The van der Waals surface area contributed by atoms with Crippen LogP contribution in [-0.2, 0) is 6.42 Å². The highest BCUT2D eigenvalue weighted by Gasteiger charge is 2.16. The van der Waals surface area contributed by atoms with E-state index in [4.69, 9.17) is 39.8 Å². The zero-order valence-corrected chi connectivity index (χ0v) is 16.4. The number of benzene rings is 2. The van der Waals surface area contributed by atoms with Gasteiger partial charge in [0, 0.05) is 34.4 Å². The van der Waals surface area contributed by atoms with E-state index in [1.807, 2.05) is 65.3 Å². The fourth-order valence-corrected chi connectivity index (χ4v) is 3.41. The number of hydrogen-bond donors (Lipinski definition) is 0. The summed E-state index contributed by atoms with van der Waals surface area (Å²) in [6.07, 6.45) is 4.43. The number of rotatable bonds is 4. The molecular weight excluding hydrogens is 401 g/mol. The van der Waals surface area contributed by atoms with E-state index in [2.05, 4.69) is 4.99 Å². The zero-order chi connectivity index (χ0) is 18.8. The Kier molecular flexibility index (Phi) is 5.17. The monoisotopic (exact) mass is 413 g/mol. The summed E-state index contributed by atoms with van der Waals surface area (Å²) in [5.74, 6) is 0. The summed E-state index contributed by atoms with van der Waals surface area (Å²) in [5, 5.41) is 1.92. The van der Waals surface area contributed by atoms with Crippen molar-refractivity contribution in [2.45, 2.75) is 6.42 Å². The lowest BCUT2D eigenvalue weighted by Gasteiger charge is -2.05. The summed E-state index contributed by atoms with van der Waals surface area (Å²) in [6.45, 7) is 0. The number of halogens is 3. The maximum Gasteiger partial charge on any atom is 0.137 e. The Morgan fingerprint density at radius 2 is 1.70 bits per heavy atom. The maximum absolute atomic E-state index is 6.42. The molecule has 3 nitrogen and oxygen atoms in total. The minimum Gasteiger partial charge on any atom is -0.303 e. The summed E-state index contributed by atoms with van der Waals surface area (Å²) in [6, 6.07) is 18.7. The minimum absolute atomic E-state index is 0.589. The van der Waals surface area contributed by atoms with Crippen LogP contribution in [0.1, 0.15) is 5.69 Å². The number of fused-ring (bicyclic) bond motifs is 1. The largest absolute Gasteiger partial charge is 0.303 e. The molecule has 2 aromatic heterocycles. The van der Waals surface area contributed by atoms with Crippen LogP contribution in [-0.4, -0.2) is 15.6 Å². The van der Waals surface area contributed by atoms with Crippen molar-refractivity contribution in [2.75, 3.05) is 0 Å². The standard InChI is InChI=1S/C21H14Cl3N3/c22-14-4-7-16(8-5-14)25-11-10-19-21(17-13-15(23)6-9-18(17)24)26-20-3-1-2-12-27(19)20/h1-9,11-13H,10H2. The number of aliphatic imine (C=N–C) groups is 1. The van der Waals surface area contributed by atoms with Gasteiger partial charge in [0.2, 0.25) is 0 Å². The van der Waals surface area contributed by atoms with Gasteiger partial charge in [0.15, 0.2) is 0 Å². The van der Waals surface area contributed by atoms with E-state index in [0.717, 1.165) is 28.3 Å². The van der Waals surface area contributed by atoms with E-state index in [1.165, 1.54) is 0 Å². The molecule has 0 aliphatic rings. The molecule has 0 saturated heterocycles. The van der Waals surface area contributed by atoms with Gasteiger partial charge >= 0.3 is 0 Å². The predicted molar refractivity (Wildman–Crippen MR) is 114 cm³/mol. The van der Waals surface area contributed by atoms with Gasteiger partial charge in [-0.2, -0.15) is 0 Å². The Labute approximate surface area is 171 Å². The van der Waals surface area contributed by atoms with E-state index >= 15 is 0 Å². The lowest BCUT2D eigenvalue weighted by molar-refractivity contribution is 1.08. The van der Waals surface area contributed by atoms with Gasteiger partial charge in [-0.25, -0.2) is 4.98 Å². The molecule has 0 saturated carbocycles. The van der Waals surface area contributed by atoms with Crippen LogP contribution in [0.15, 0.2) is 71.9 Å². The van der Waals surface area contributed by atoms with Crippen molar-refractivity contribution in [3.05, 3.63) is 87.6 Å². The minimum atomic E-state index is 0.589. The number of nitrogens with zero attached hydrogens (tertiary/aromatic N) is 3. The van der Waals surface area contributed by atoms with Crippen molar-refractivity contribution in [1.82, 2.24) is 9.38 Å². The lowest BCUT2D eigenvalue weighted by Crippen LogP contribution is -1.96. The van der Waals surface area contributed by atoms with Crippen molar-refractivity contribution in [3.63, 3.8) is 0 Å². The van der Waals surface area contributed by atoms with E-state index < -0.39 is 0 Å². The van der Waals surface area contributed by atoms with Gasteiger partial charge in [-0.3, -0.25) is 4.99 Å². The third kappa shape index (κ3) is 3.86. The average molecular weight is 415 g/mol. The molecule has 27 heavy (non-hydrogen) atoms.